The van der Waals surface area contributed by atoms with E-state index in [-0.39, 0.29) is 11.5 Å². The van der Waals surface area contributed by atoms with Crippen LogP contribution in [0.2, 0.25) is 0 Å². The molecule has 0 radical (unpaired) electrons. The van der Waals surface area contributed by atoms with E-state index in [1.165, 1.54) is 0 Å². The van der Waals surface area contributed by atoms with E-state index in [0.29, 0.717) is 42.8 Å². The predicted octanol–water partition coefficient (Wildman–Crippen LogP) is 4.18. The number of carbonyl (C=O) groups is 1. The van der Waals surface area contributed by atoms with E-state index < -0.39 is 12.1 Å². The molecule has 0 aliphatic carbocycles. The first kappa shape index (κ1) is 19.6. The van der Waals surface area contributed by atoms with Gasteiger partial charge in [-0.15, -0.1) is 0 Å². The van der Waals surface area contributed by atoms with Crippen molar-refractivity contribution in [3.8, 4) is 17.1 Å². The number of ether oxygens (including phenoxy) is 1. The highest BCUT2D eigenvalue weighted by atomic mass is 19.4. The van der Waals surface area contributed by atoms with Crippen molar-refractivity contribution in [2.75, 3.05) is 6.61 Å². The molecule has 0 amide bonds. The van der Waals surface area contributed by atoms with Gasteiger partial charge >= 0.3 is 12.1 Å². The van der Waals surface area contributed by atoms with E-state index in [1.807, 2.05) is 0 Å². The topological polar surface area (TPSA) is 91.2 Å². The van der Waals surface area contributed by atoms with Crippen LogP contribution in [0.5, 0.6) is 5.75 Å². The zero-order valence-electron chi connectivity index (χ0n) is 15.0. The molecule has 7 nitrogen and oxygen atoms in total. The molecule has 2 heterocycles. The van der Waals surface area contributed by atoms with Gasteiger partial charge in [-0.05, 0) is 43.5 Å². The summed E-state index contributed by atoms with van der Waals surface area (Å²) in [6.45, 7) is 3.95. The number of aromatic nitrogens is 3. The Morgan fingerprint density at radius 3 is 2.39 bits per heavy atom. The number of aryl methyl sites for hydroxylation is 3. The van der Waals surface area contributed by atoms with Crippen LogP contribution >= 0.6 is 0 Å². The highest BCUT2D eigenvalue weighted by Crippen LogP contribution is 2.32. The molecule has 0 atom stereocenters. The maximum absolute atomic E-state index is 12.6. The summed E-state index contributed by atoms with van der Waals surface area (Å²) in [5.41, 5.74) is 2.12. The van der Waals surface area contributed by atoms with Gasteiger partial charge in [-0.25, -0.2) is 0 Å². The average Bonchev–Trinajstić information content (AvgIpc) is 3.29. The number of rotatable bonds is 7. The molecular weight excluding hydrogens is 379 g/mol. The van der Waals surface area contributed by atoms with Gasteiger partial charge in [0.05, 0.1) is 6.61 Å². The summed E-state index contributed by atoms with van der Waals surface area (Å²) in [6.07, 6.45) is -2.89. The zero-order chi connectivity index (χ0) is 20.3. The molecule has 0 saturated carbocycles. The molecule has 3 aromatic rings. The third-order valence-corrected chi connectivity index (χ3v) is 3.90. The van der Waals surface area contributed by atoms with Gasteiger partial charge in [0.1, 0.15) is 17.2 Å². The van der Waals surface area contributed by atoms with Gasteiger partial charge in [-0.2, -0.15) is 18.2 Å². The van der Waals surface area contributed by atoms with E-state index in [1.54, 1.807) is 32.0 Å². The second kappa shape index (κ2) is 7.83. The molecule has 2 aromatic heterocycles. The van der Waals surface area contributed by atoms with E-state index in [9.17, 15) is 18.0 Å². The first-order valence-electron chi connectivity index (χ1n) is 8.34. The van der Waals surface area contributed by atoms with Crippen LogP contribution in [0.15, 0.2) is 27.2 Å². The molecule has 0 unspecified atom stereocenters. The number of benzene rings is 1. The maximum atomic E-state index is 12.6. The van der Waals surface area contributed by atoms with Gasteiger partial charge in [-0.3, -0.25) is 4.79 Å². The summed E-state index contributed by atoms with van der Waals surface area (Å²) in [6, 6.07) is 4.85. The molecule has 0 spiro atoms. The van der Waals surface area contributed by atoms with Crippen LogP contribution < -0.4 is 4.74 Å². The number of hydrogen-bond acceptors (Lipinski definition) is 7. The van der Waals surface area contributed by atoms with Crippen molar-refractivity contribution in [1.82, 2.24) is 15.3 Å². The predicted molar refractivity (Wildman–Crippen MR) is 89.9 cm³/mol. The summed E-state index contributed by atoms with van der Waals surface area (Å²) in [4.78, 5) is 14.0. The Bertz CT molecular complexity index is 956. The monoisotopic (exact) mass is 395 g/mol. The summed E-state index contributed by atoms with van der Waals surface area (Å²) >= 11 is 0. The van der Waals surface area contributed by atoms with Gasteiger partial charge in [0.2, 0.25) is 5.82 Å². The Morgan fingerprint density at radius 2 is 1.82 bits per heavy atom. The van der Waals surface area contributed by atoms with Crippen molar-refractivity contribution in [2.24, 2.45) is 0 Å². The van der Waals surface area contributed by atoms with E-state index >= 15 is 0 Å². The molecule has 3 rings (SSSR count). The number of aldehydes is 1. The lowest BCUT2D eigenvalue weighted by atomic mass is 10.1. The molecular formula is C18H16F3N3O4. The molecule has 0 aliphatic rings. The minimum absolute atomic E-state index is 0.138. The van der Waals surface area contributed by atoms with Gasteiger partial charge in [0.25, 0.3) is 0 Å². The smallest absolute Gasteiger partial charge is 0.471 e. The summed E-state index contributed by atoms with van der Waals surface area (Å²) < 4.78 is 52.9. The van der Waals surface area contributed by atoms with Crippen LogP contribution in [0.1, 0.15) is 39.7 Å². The van der Waals surface area contributed by atoms with Gasteiger partial charge in [-0.1, -0.05) is 10.3 Å². The zero-order valence-corrected chi connectivity index (χ0v) is 15.0. The van der Waals surface area contributed by atoms with Crippen LogP contribution in [-0.4, -0.2) is 28.2 Å². The van der Waals surface area contributed by atoms with Crippen molar-refractivity contribution in [1.29, 1.82) is 0 Å². The third kappa shape index (κ3) is 4.38. The van der Waals surface area contributed by atoms with Crippen LogP contribution in [-0.2, 0) is 12.6 Å². The number of alkyl halides is 3. The minimum atomic E-state index is -4.69. The number of hydrogen-bond donors (Lipinski definition) is 0. The van der Waals surface area contributed by atoms with E-state index in [4.69, 9.17) is 9.26 Å². The number of halogens is 3. The fourth-order valence-electron chi connectivity index (χ4n) is 2.69. The van der Waals surface area contributed by atoms with Crippen molar-refractivity contribution in [3.63, 3.8) is 0 Å². The average molecular weight is 395 g/mol. The lowest BCUT2D eigenvalue weighted by molar-refractivity contribution is -0.159. The second-order valence-electron chi connectivity index (χ2n) is 6.15. The highest BCUT2D eigenvalue weighted by Gasteiger charge is 2.38. The quantitative estimate of drug-likeness (QED) is 0.438. The van der Waals surface area contributed by atoms with Crippen LogP contribution in [0.25, 0.3) is 11.4 Å². The molecule has 0 N–H and O–H groups in total. The largest absolute Gasteiger partial charge is 0.493 e. The van der Waals surface area contributed by atoms with Gasteiger partial charge in [0, 0.05) is 18.1 Å². The Hall–Kier alpha value is -3.17. The lowest BCUT2D eigenvalue weighted by Crippen LogP contribution is -2.05. The standard InChI is InChI=1S/C18H16F3N3O4/c1-10-6-12(16-22-17(28-24-16)18(19,20)21)7-11(2)15(10)26-5-3-4-14-8-13(9-25)23-27-14/h6-9H,3-5H2,1-2H3. The first-order chi connectivity index (χ1) is 13.3. The van der Waals surface area contributed by atoms with E-state index in [0.717, 1.165) is 11.1 Å². The van der Waals surface area contributed by atoms with Crippen LogP contribution in [0.3, 0.4) is 0 Å². The van der Waals surface area contributed by atoms with Gasteiger partial charge < -0.3 is 13.8 Å². The molecule has 148 valence electrons. The van der Waals surface area contributed by atoms with Crippen molar-refractivity contribution >= 4 is 6.29 Å². The first-order valence-corrected chi connectivity index (χ1v) is 8.34. The van der Waals surface area contributed by atoms with Crippen molar-refractivity contribution in [2.45, 2.75) is 32.9 Å². The Labute approximate surface area is 157 Å². The van der Waals surface area contributed by atoms with Gasteiger partial charge in [0.15, 0.2) is 6.29 Å². The normalized spacial score (nSPS) is 11.6. The molecule has 0 aliphatic heterocycles. The van der Waals surface area contributed by atoms with Crippen molar-refractivity contribution in [3.05, 3.63) is 46.7 Å². The SMILES string of the molecule is Cc1cc(-c2noc(C(F)(F)F)n2)cc(C)c1OCCCc1cc(C=O)no1. The second-order valence-corrected chi connectivity index (χ2v) is 6.15. The maximum Gasteiger partial charge on any atom is 0.471 e. The lowest BCUT2D eigenvalue weighted by Gasteiger charge is -2.13. The van der Waals surface area contributed by atoms with Crippen LogP contribution in [0.4, 0.5) is 13.2 Å². The summed E-state index contributed by atoms with van der Waals surface area (Å²) in [7, 11) is 0. The molecule has 0 bridgehead atoms. The summed E-state index contributed by atoms with van der Waals surface area (Å²) in [5.74, 6) is -0.300. The third-order valence-electron chi connectivity index (χ3n) is 3.90. The van der Waals surface area contributed by atoms with E-state index in [2.05, 4.69) is 19.8 Å². The molecule has 1 aromatic carbocycles. The molecule has 10 heteroatoms. The fraction of sp³-hybridized carbons (Fsp3) is 0.333. The molecule has 0 saturated heterocycles. The van der Waals surface area contributed by atoms with Crippen LogP contribution in [0, 0.1) is 13.8 Å². The Balaban J connectivity index is 1.64. The molecule has 28 heavy (non-hydrogen) atoms. The summed E-state index contributed by atoms with van der Waals surface area (Å²) in [5, 5.41) is 6.98. The molecule has 0 fully saturated rings. The Kier molecular flexibility index (Phi) is 5.48. The Morgan fingerprint density at radius 1 is 1.11 bits per heavy atom. The fourth-order valence-corrected chi connectivity index (χ4v) is 2.69. The van der Waals surface area contributed by atoms with Crippen molar-refractivity contribution < 1.29 is 31.7 Å². The number of nitrogens with zero attached hydrogens (tertiary/aromatic N) is 3. The highest BCUT2D eigenvalue weighted by molar-refractivity contribution is 5.71. The minimum Gasteiger partial charge on any atom is -0.493 e. The number of carbonyl (C=O) groups excluding carboxylic acids is 1.